The number of aryl methyl sites for hydroxylation is 1. The summed E-state index contributed by atoms with van der Waals surface area (Å²) in [4.78, 5) is 22.9. The summed E-state index contributed by atoms with van der Waals surface area (Å²) < 4.78 is 5.81. The number of amides is 1. The molecule has 6 heteroatoms. The van der Waals surface area contributed by atoms with Gasteiger partial charge in [-0.1, -0.05) is 6.07 Å². The van der Waals surface area contributed by atoms with Gasteiger partial charge in [-0.05, 0) is 45.1 Å². The van der Waals surface area contributed by atoms with Crippen molar-refractivity contribution in [3.05, 3.63) is 47.9 Å². The molecule has 1 aliphatic heterocycles. The lowest BCUT2D eigenvalue weighted by Gasteiger charge is -2.13. The number of hydrogen-bond acceptors (Lipinski definition) is 5. The number of aromatic nitrogens is 2. The summed E-state index contributed by atoms with van der Waals surface area (Å²) in [7, 11) is 2.04. The fourth-order valence-electron chi connectivity index (χ4n) is 2.75. The molecule has 0 radical (unpaired) electrons. The first-order valence-electron chi connectivity index (χ1n) is 8.12. The van der Waals surface area contributed by atoms with Crippen molar-refractivity contribution in [3.63, 3.8) is 0 Å². The topological polar surface area (TPSA) is 67.3 Å². The number of carbonyl (C=O) groups is 1. The SMILES string of the molecule is Cc1ccc(Oc2ncccc2CNC(=O)[C@@H]2CCN(C)C2)cn1. The monoisotopic (exact) mass is 326 g/mol. The smallest absolute Gasteiger partial charge is 0.224 e. The maximum atomic E-state index is 12.3. The number of likely N-dealkylation sites (tertiary alicyclic amines) is 1. The molecule has 0 aromatic carbocycles. The Labute approximate surface area is 141 Å². The van der Waals surface area contributed by atoms with Gasteiger partial charge in [0.1, 0.15) is 5.75 Å². The second-order valence-electron chi connectivity index (χ2n) is 6.17. The molecule has 2 aromatic heterocycles. The van der Waals surface area contributed by atoms with Crippen LogP contribution in [-0.4, -0.2) is 40.9 Å². The quantitative estimate of drug-likeness (QED) is 0.912. The molecule has 0 unspecified atom stereocenters. The highest BCUT2D eigenvalue weighted by atomic mass is 16.5. The van der Waals surface area contributed by atoms with Gasteiger partial charge >= 0.3 is 0 Å². The molecule has 6 nitrogen and oxygen atoms in total. The highest BCUT2D eigenvalue weighted by Gasteiger charge is 2.25. The summed E-state index contributed by atoms with van der Waals surface area (Å²) in [6.07, 6.45) is 4.25. The zero-order valence-corrected chi connectivity index (χ0v) is 14.0. The van der Waals surface area contributed by atoms with Gasteiger partial charge in [-0.3, -0.25) is 9.78 Å². The number of ether oxygens (including phenoxy) is 1. The van der Waals surface area contributed by atoms with Gasteiger partial charge in [0.2, 0.25) is 11.8 Å². The third kappa shape index (κ3) is 4.08. The van der Waals surface area contributed by atoms with Gasteiger partial charge in [-0.25, -0.2) is 4.98 Å². The van der Waals surface area contributed by atoms with E-state index in [1.54, 1.807) is 12.4 Å². The lowest BCUT2D eigenvalue weighted by atomic mass is 10.1. The number of rotatable bonds is 5. The van der Waals surface area contributed by atoms with Gasteiger partial charge < -0.3 is 15.0 Å². The number of nitrogens with zero attached hydrogens (tertiary/aromatic N) is 3. The molecule has 2 aromatic rings. The predicted octanol–water partition coefficient (Wildman–Crippen LogP) is 2.15. The number of nitrogens with one attached hydrogen (secondary N) is 1. The predicted molar refractivity (Wildman–Crippen MR) is 90.7 cm³/mol. The van der Waals surface area contributed by atoms with E-state index in [0.717, 1.165) is 30.8 Å². The van der Waals surface area contributed by atoms with E-state index in [1.807, 2.05) is 38.2 Å². The summed E-state index contributed by atoms with van der Waals surface area (Å²) >= 11 is 0. The van der Waals surface area contributed by atoms with Crippen molar-refractivity contribution in [1.29, 1.82) is 0 Å². The Hall–Kier alpha value is -2.47. The van der Waals surface area contributed by atoms with Gasteiger partial charge in [0.15, 0.2) is 0 Å². The third-order valence-electron chi connectivity index (χ3n) is 4.16. The molecule has 3 heterocycles. The van der Waals surface area contributed by atoms with Crippen molar-refractivity contribution < 1.29 is 9.53 Å². The first-order valence-corrected chi connectivity index (χ1v) is 8.12. The van der Waals surface area contributed by atoms with Crippen LogP contribution in [0.4, 0.5) is 0 Å². The van der Waals surface area contributed by atoms with E-state index in [2.05, 4.69) is 20.2 Å². The Morgan fingerprint density at radius 2 is 2.25 bits per heavy atom. The van der Waals surface area contributed by atoms with Gasteiger partial charge in [-0.2, -0.15) is 0 Å². The minimum atomic E-state index is 0.0670. The Bertz CT molecular complexity index is 702. The van der Waals surface area contributed by atoms with E-state index in [0.29, 0.717) is 18.2 Å². The first-order chi connectivity index (χ1) is 11.6. The van der Waals surface area contributed by atoms with E-state index in [-0.39, 0.29) is 11.8 Å². The number of carbonyl (C=O) groups excluding carboxylic acids is 1. The first kappa shape index (κ1) is 16.4. The molecule has 1 saturated heterocycles. The molecule has 24 heavy (non-hydrogen) atoms. The van der Waals surface area contributed by atoms with Crippen LogP contribution >= 0.6 is 0 Å². The average Bonchev–Trinajstić information content (AvgIpc) is 3.02. The second-order valence-corrected chi connectivity index (χ2v) is 6.17. The standard InChI is InChI=1S/C18H22N4O2/c1-13-5-6-16(11-20-13)24-18-14(4-3-8-19-18)10-21-17(23)15-7-9-22(2)12-15/h3-6,8,11,15H,7,9-10,12H2,1-2H3,(H,21,23)/t15-/m1/s1. The van der Waals surface area contributed by atoms with E-state index >= 15 is 0 Å². The van der Waals surface area contributed by atoms with E-state index in [9.17, 15) is 4.79 Å². The lowest BCUT2D eigenvalue weighted by molar-refractivity contribution is -0.124. The van der Waals surface area contributed by atoms with Gasteiger partial charge in [0.05, 0.1) is 12.1 Å². The van der Waals surface area contributed by atoms with Crippen molar-refractivity contribution in [2.24, 2.45) is 5.92 Å². The maximum absolute atomic E-state index is 12.3. The Kier molecular flexibility index (Phi) is 5.05. The molecule has 1 fully saturated rings. The van der Waals surface area contributed by atoms with E-state index in [4.69, 9.17) is 4.74 Å². The molecule has 0 aliphatic carbocycles. The van der Waals surface area contributed by atoms with Crippen LogP contribution in [0.5, 0.6) is 11.6 Å². The minimum Gasteiger partial charge on any atom is -0.437 e. The second kappa shape index (κ2) is 7.40. The van der Waals surface area contributed by atoms with Gasteiger partial charge in [-0.15, -0.1) is 0 Å². The summed E-state index contributed by atoms with van der Waals surface area (Å²) in [5.41, 5.74) is 1.77. The van der Waals surface area contributed by atoms with Crippen molar-refractivity contribution >= 4 is 5.91 Å². The molecule has 1 aliphatic rings. The molecule has 126 valence electrons. The van der Waals surface area contributed by atoms with Crippen LogP contribution in [0, 0.1) is 12.8 Å². The van der Waals surface area contributed by atoms with Crippen LogP contribution in [0.1, 0.15) is 17.7 Å². The van der Waals surface area contributed by atoms with Crippen LogP contribution < -0.4 is 10.1 Å². The molecular formula is C18H22N4O2. The van der Waals surface area contributed by atoms with Gasteiger partial charge in [0, 0.05) is 30.5 Å². The minimum absolute atomic E-state index is 0.0670. The Balaban J connectivity index is 1.63. The zero-order chi connectivity index (χ0) is 16.9. The van der Waals surface area contributed by atoms with Crippen LogP contribution in [-0.2, 0) is 11.3 Å². The molecule has 0 spiro atoms. The summed E-state index contributed by atoms with van der Waals surface area (Å²) in [5, 5.41) is 3.00. The largest absolute Gasteiger partial charge is 0.437 e. The van der Waals surface area contributed by atoms with Crippen molar-refractivity contribution in [3.8, 4) is 11.6 Å². The average molecular weight is 326 g/mol. The summed E-state index contributed by atoms with van der Waals surface area (Å²) in [6, 6.07) is 7.49. The molecule has 0 bridgehead atoms. The van der Waals surface area contributed by atoms with Crippen molar-refractivity contribution in [2.45, 2.75) is 19.9 Å². The zero-order valence-electron chi connectivity index (χ0n) is 14.0. The molecular weight excluding hydrogens is 304 g/mol. The molecule has 1 atom stereocenters. The van der Waals surface area contributed by atoms with E-state index in [1.165, 1.54) is 0 Å². The fourth-order valence-corrected chi connectivity index (χ4v) is 2.75. The summed E-state index contributed by atoms with van der Waals surface area (Å²) in [6.45, 7) is 4.12. The Morgan fingerprint density at radius 3 is 2.96 bits per heavy atom. The fraction of sp³-hybridized carbons (Fsp3) is 0.389. The lowest BCUT2D eigenvalue weighted by Crippen LogP contribution is -2.31. The number of hydrogen-bond donors (Lipinski definition) is 1. The highest BCUT2D eigenvalue weighted by molar-refractivity contribution is 5.79. The molecule has 1 N–H and O–H groups in total. The number of pyridine rings is 2. The molecule has 3 rings (SSSR count). The Morgan fingerprint density at radius 1 is 1.38 bits per heavy atom. The third-order valence-corrected chi connectivity index (χ3v) is 4.16. The van der Waals surface area contributed by atoms with Crippen LogP contribution in [0.25, 0.3) is 0 Å². The highest BCUT2D eigenvalue weighted by Crippen LogP contribution is 2.22. The van der Waals surface area contributed by atoms with Crippen molar-refractivity contribution in [1.82, 2.24) is 20.2 Å². The van der Waals surface area contributed by atoms with Crippen LogP contribution in [0.2, 0.25) is 0 Å². The van der Waals surface area contributed by atoms with Crippen LogP contribution in [0.3, 0.4) is 0 Å². The maximum Gasteiger partial charge on any atom is 0.224 e. The van der Waals surface area contributed by atoms with E-state index < -0.39 is 0 Å². The van der Waals surface area contributed by atoms with Crippen LogP contribution in [0.15, 0.2) is 36.7 Å². The van der Waals surface area contributed by atoms with Gasteiger partial charge in [0.25, 0.3) is 0 Å². The summed E-state index contributed by atoms with van der Waals surface area (Å²) in [5.74, 6) is 1.28. The van der Waals surface area contributed by atoms with Crippen molar-refractivity contribution in [2.75, 3.05) is 20.1 Å². The molecule has 1 amide bonds. The normalized spacial score (nSPS) is 17.7. The molecule has 0 saturated carbocycles.